The van der Waals surface area contributed by atoms with Crippen LogP contribution in [-0.4, -0.2) is 15.9 Å². The zero-order valence-corrected chi connectivity index (χ0v) is 10.9. The van der Waals surface area contributed by atoms with Gasteiger partial charge in [0, 0.05) is 17.3 Å². The average Bonchev–Trinajstić information content (AvgIpc) is 2.49. The number of hydrogen-bond donors (Lipinski definition) is 2. The van der Waals surface area contributed by atoms with Gasteiger partial charge in [-0.3, -0.25) is 4.79 Å². The smallest absolute Gasteiger partial charge is 0.259 e. The first kappa shape index (κ1) is 13.0. The zero-order valence-electron chi connectivity index (χ0n) is 10.9. The lowest BCUT2D eigenvalue weighted by atomic mass is 10.2. The summed E-state index contributed by atoms with van der Waals surface area (Å²) in [5.41, 5.74) is 7.00. The molecule has 0 aliphatic heterocycles. The number of nitrogens with one attached hydrogen (secondary N) is 1. The normalized spacial score (nSPS) is 10.5. The summed E-state index contributed by atoms with van der Waals surface area (Å²) < 4.78 is 12.8. The third-order valence-electron chi connectivity index (χ3n) is 2.97. The highest BCUT2D eigenvalue weighted by atomic mass is 19.1. The lowest BCUT2D eigenvalue weighted by Crippen LogP contribution is -2.15. The SMILES string of the molecule is Nc1nc2ncccc2cc1C(=O)Nc1ccc(F)cc1. The average molecular weight is 282 g/mol. The summed E-state index contributed by atoms with van der Waals surface area (Å²) in [6, 6.07) is 10.6. The van der Waals surface area contributed by atoms with Gasteiger partial charge >= 0.3 is 0 Å². The van der Waals surface area contributed by atoms with Gasteiger partial charge < -0.3 is 11.1 Å². The maximum absolute atomic E-state index is 12.8. The Bertz CT molecular complexity index is 818. The Kier molecular flexibility index (Phi) is 3.19. The maximum atomic E-state index is 12.8. The molecule has 0 spiro atoms. The number of anilines is 2. The molecule has 1 aromatic carbocycles. The van der Waals surface area contributed by atoms with Gasteiger partial charge in [0.2, 0.25) is 0 Å². The fourth-order valence-electron chi connectivity index (χ4n) is 1.93. The van der Waals surface area contributed by atoms with Crippen molar-refractivity contribution >= 4 is 28.4 Å². The van der Waals surface area contributed by atoms with Crippen LogP contribution >= 0.6 is 0 Å². The number of benzene rings is 1. The van der Waals surface area contributed by atoms with Gasteiger partial charge in [-0.25, -0.2) is 14.4 Å². The van der Waals surface area contributed by atoms with Crippen LogP contribution in [0, 0.1) is 5.82 Å². The summed E-state index contributed by atoms with van der Waals surface area (Å²) in [6.07, 6.45) is 1.60. The highest BCUT2D eigenvalue weighted by Gasteiger charge is 2.13. The highest BCUT2D eigenvalue weighted by molar-refractivity contribution is 6.08. The molecule has 0 bridgehead atoms. The van der Waals surface area contributed by atoms with Crippen LogP contribution in [0.3, 0.4) is 0 Å². The van der Waals surface area contributed by atoms with E-state index in [-0.39, 0.29) is 17.2 Å². The van der Waals surface area contributed by atoms with E-state index in [2.05, 4.69) is 15.3 Å². The van der Waals surface area contributed by atoms with E-state index >= 15 is 0 Å². The summed E-state index contributed by atoms with van der Waals surface area (Å²) in [5.74, 6) is -0.677. The first-order chi connectivity index (χ1) is 10.1. The predicted molar refractivity (Wildman–Crippen MR) is 78.3 cm³/mol. The van der Waals surface area contributed by atoms with Gasteiger partial charge in [-0.05, 0) is 42.5 Å². The molecule has 0 saturated heterocycles. The molecule has 0 aliphatic carbocycles. The van der Waals surface area contributed by atoms with Gasteiger partial charge in [-0.2, -0.15) is 0 Å². The van der Waals surface area contributed by atoms with Crippen LogP contribution in [0.1, 0.15) is 10.4 Å². The number of nitrogens with zero attached hydrogens (tertiary/aromatic N) is 2. The van der Waals surface area contributed by atoms with E-state index < -0.39 is 5.91 Å². The number of halogens is 1. The van der Waals surface area contributed by atoms with E-state index in [0.29, 0.717) is 11.3 Å². The molecule has 1 amide bonds. The molecule has 0 atom stereocenters. The van der Waals surface area contributed by atoms with Crippen LogP contribution in [0.2, 0.25) is 0 Å². The molecule has 3 aromatic rings. The number of amides is 1. The molecule has 21 heavy (non-hydrogen) atoms. The standard InChI is InChI=1S/C15H11FN4O/c16-10-3-5-11(6-4-10)19-15(21)12-8-9-2-1-7-18-14(9)20-13(12)17/h1-8H,(H,19,21)(H2,17,18,20). The second kappa shape index (κ2) is 5.16. The zero-order chi connectivity index (χ0) is 14.8. The van der Waals surface area contributed by atoms with Crippen LogP contribution in [0.25, 0.3) is 11.0 Å². The van der Waals surface area contributed by atoms with Gasteiger partial charge in [-0.15, -0.1) is 0 Å². The molecular formula is C15H11FN4O. The largest absolute Gasteiger partial charge is 0.383 e. The molecule has 2 aromatic heterocycles. The minimum Gasteiger partial charge on any atom is -0.383 e. The van der Waals surface area contributed by atoms with Crippen molar-refractivity contribution in [2.24, 2.45) is 0 Å². The van der Waals surface area contributed by atoms with Crippen molar-refractivity contribution in [3.8, 4) is 0 Å². The molecule has 0 aliphatic rings. The summed E-state index contributed by atoms with van der Waals surface area (Å²) in [5, 5.41) is 3.36. The van der Waals surface area contributed by atoms with E-state index in [9.17, 15) is 9.18 Å². The number of carbonyl (C=O) groups excluding carboxylic acids is 1. The molecule has 0 fully saturated rings. The number of fused-ring (bicyclic) bond motifs is 1. The van der Waals surface area contributed by atoms with Gasteiger partial charge in [0.1, 0.15) is 11.6 Å². The van der Waals surface area contributed by atoms with Crippen molar-refractivity contribution in [1.29, 1.82) is 0 Å². The third kappa shape index (κ3) is 2.64. The van der Waals surface area contributed by atoms with Crippen molar-refractivity contribution in [2.45, 2.75) is 0 Å². The Morgan fingerprint density at radius 1 is 1.19 bits per heavy atom. The summed E-state index contributed by atoms with van der Waals surface area (Å²) in [6.45, 7) is 0. The van der Waals surface area contributed by atoms with E-state index in [1.54, 1.807) is 24.4 Å². The fourth-order valence-corrected chi connectivity index (χ4v) is 1.93. The third-order valence-corrected chi connectivity index (χ3v) is 2.97. The van der Waals surface area contributed by atoms with Crippen LogP contribution in [-0.2, 0) is 0 Å². The van der Waals surface area contributed by atoms with E-state index in [1.165, 1.54) is 24.3 Å². The van der Waals surface area contributed by atoms with E-state index in [4.69, 9.17) is 5.73 Å². The topological polar surface area (TPSA) is 80.9 Å². The van der Waals surface area contributed by atoms with E-state index in [0.717, 1.165) is 5.39 Å². The molecule has 0 radical (unpaired) electrons. The first-order valence-corrected chi connectivity index (χ1v) is 6.21. The monoisotopic (exact) mass is 282 g/mol. The number of hydrogen-bond acceptors (Lipinski definition) is 4. The molecule has 0 unspecified atom stereocenters. The van der Waals surface area contributed by atoms with Gasteiger partial charge in [0.15, 0.2) is 5.65 Å². The van der Waals surface area contributed by atoms with Gasteiger partial charge in [-0.1, -0.05) is 0 Å². The highest BCUT2D eigenvalue weighted by Crippen LogP contribution is 2.18. The molecule has 104 valence electrons. The van der Waals surface area contributed by atoms with Crippen molar-refractivity contribution in [1.82, 2.24) is 9.97 Å². The summed E-state index contributed by atoms with van der Waals surface area (Å²) >= 11 is 0. The lowest BCUT2D eigenvalue weighted by molar-refractivity contribution is 0.102. The number of pyridine rings is 2. The molecule has 3 rings (SSSR count). The second-order valence-corrected chi connectivity index (χ2v) is 4.43. The number of aromatic nitrogens is 2. The molecule has 3 N–H and O–H groups in total. The van der Waals surface area contributed by atoms with Crippen molar-refractivity contribution in [3.63, 3.8) is 0 Å². The van der Waals surface area contributed by atoms with Crippen LogP contribution in [0.5, 0.6) is 0 Å². The molecule has 0 saturated carbocycles. The lowest BCUT2D eigenvalue weighted by Gasteiger charge is -2.08. The van der Waals surface area contributed by atoms with Crippen molar-refractivity contribution in [2.75, 3.05) is 11.1 Å². The number of rotatable bonds is 2. The van der Waals surface area contributed by atoms with Gasteiger partial charge in [0.25, 0.3) is 5.91 Å². The second-order valence-electron chi connectivity index (χ2n) is 4.43. The molecule has 5 nitrogen and oxygen atoms in total. The first-order valence-electron chi connectivity index (χ1n) is 6.21. The Morgan fingerprint density at radius 2 is 1.95 bits per heavy atom. The Morgan fingerprint density at radius 3 is 2.71 bits per heavy atom. The number of nitrogens with two attached hydrogens (primary N) is 1. The van der Waals surface area contributed by atoms with Crippen LogP contribution in [0.15, 0.2) is 48.7 Å². The Hall–Kier alpha value is -3.02. The van der Waals surface area contributed by atoms with Crippen LogP contribution in [0.4, 0.5) is 15.9 Å². The van der Waals surface area contributed by atoms with Crippen molar-refractivity contribution in [3.05, 3.63) is 60.0 Å². The predicted octanol–water partition coefficient (Wildman–Crippen LogP) is 2.60. The summed E-state index contributed by atoms with van der Waals surface area (Å²) in [4.78, 5) is 20.4. The van der Waals surface area contributed by atoms with Gasteiger partial charge in [0.05, 0.1) is 5.56 Å². The quantitative estimate of drug-likeness (QED) is 0.757. The molecule has 2 heterocycles. The molecular weight excluding hydrogens is 271 g/mol. The summed E-state index contributed by atoms with van der Waals surface area (Å²) in [7, 11) is 0. The Labute approximate surface area is 119 Å². The maximum Gasteiger partial charge on any atom is 0.259 e. The fraction of sp³-hybridized carbons (Fsp3) is 0. The minimum atomic E-state index is -0.405. The number of nitrogen functional groups attached to an aromatic ring is 1. The Balaban J connectivity index is 1.93. The van der Waals surface area contributed by atoms with E-state index in [1.807, 2.05) is 0 Å². The van der Waals surface area contributed by atoms with Crippen LogP contribution < -0.4 is 11.1 Å². The number of carbonyl (C=O) groups is 1. The minimum absolute atomic E-state index is 0.0980. The van der Waals surface area contributed by atoms with Crippen molar-refractivity contribution < 1.29 is 9.18 Å². The molecule has 6 heteroatoms.